The molecule has 0 radical (unpaired) electrons. The van der Waals surface area contributed by atoms with E-state index in [1.807, 2.05) is 0 Å². The first-order valence-corrected chi connectivity index (χ1v) is 9.51. The molecule has 0 aromatic rings. The van der Waals surface area contributed by atoms with E-state index in [0.717, 1.165) is 44.9 Å². The zero-order chi connectivity index (χ0) is 15.4. The SMILES string of the molecule is CCCCCC(O)CCCCCCC(CC)S(=O)(=O)[O-].[K+]. The Balaban J connectivity index is 0. The van der Waals surface area contributed by atoms with Gasteiger partial charge in [-0.15, -0.1) is 0 Å². The van der Waals surface area contributed by atoms with Crippen LogP contribution in [0.1, 0.15) is 84.5 Å². The average molecular weight is 347 g/mol. The second-order valence-electron chi connectivity index (χ2n) is 5.66. The Morgan fingerprint density at radius 1 is 0.905 bits per heavy atom. The summed E-state index contributed by atoms with van der Waals surface area (Å²) < 4.78 is 32.7. The summed E-state index contributed by atoms with van der Waals surface area (Å²) in [6.45, 7) is 3.89. The van der Waals surface area contributed by atoms with Crippen molar-refractivity contribution in [2.45, 2.75) is 95.8 Å². The summed E-state index contributed by atoms with van der Waals surface area (Å²) >= 11 is 0. The van der Waals surface area contributed by atoms with Gasteiger partial charge in [-0.3, -0.25) is 0 Å². The number of unbranched alkanes of at least 4 members (excludes halogenated alkanes) is 5. The van der Waals surface area contributed by atoms with E-state index >= 15 is 0 Å². The van der Waals surface area contributed by atoms with Crippen molar-refractivity contribution in [3.05, 3.63) is 0 Å². The van der Waals surface area contributed by atoms with Gasteiger partial charge in [-0.2, -0.15) is 0 Å². The van der Waals surface area contributed by atoms with E-state index in [2.05, 4.69) is 6.92 Å². The molecule has 0 saturated heterocycles. The Kier molecular flexibility index (Phi) is 17.8. The van der Waals surface area contributed by atoms with Gasteiger partial charge in [-0.1, -0.05) is 58.8 Å². The smallest absolute Gasteiger partial charge is 0.748 e. The maximum absolute atomic E-state index is 10.9. The van der Waals surface area contributed by atoms with Gasteiger partial charge in [0.2, 0.25) is 0 Å². The van der Waals surface area contributed by atoms with Crippen molar-refractivity contribution in [2.24, 2.45) is 0 Å². The number of hydrogen-bond donors (Lipinski definition) is 1. The van der Waals surface area contributed by atoms with E-state index in [1.54, 1.807) is 6.92 Å². The molecule has 21 heavy (non-hydrogen) atoms. The Morgan fingerprint density at radius 2 is 1.38 bits per heavy atom. The minimum Gasteiger partial charge on any atom is -0.748 e. The topological polar surface area (TPSA) is 77.4 Å². The molecule has 2 unspecified atom stereocenters. The molecule has 0 aliphatic rings. The molecule has 0 rings (SSSR count). The van der Waals surface area contributed by atoms with E-state index in [1.165, 1.54) is 12.8 Å². The molecule has 0 saturated carbocycles. The quantitative estimate of drug-likeness (QED) is 0.301. The van der Waals surface area contributed by atoms with Gasteiger partial charge in [0.15, 0.2) is 0 Å². The summed E-state index contributed by atoms with van der Waals surface area (Å²) in [5.74, 6) is 0. The van der Waals surface area contributed by atoms with Crippen LogP contribution < -0.4 is 51.4 Å². The Labute approximate surface area is 173 Å². The van der Waals surface area contributed by atoms with Crippen LogP contribution in [0, 0.1) is 0 Å². The van der Waals surface area contributed by atoms with E-state index in [-0.39, 0.29) is 57.5 Å². The molecule has 2 atom stereocenters. The van der Waals surface area contributed by atoms with E-state index in [4.69, 9.17) is 0 Å². The van der Waals surface area contributed by atoms with E-state index < -0.39 is 15.4 Å². The van der Waals surface area contributed by atoms with Crippen LogP contribution in [-0.4, -0.2) is 29.4 Å². The van der Waals surface area contributed by atoms with Crippen molar-refractivity contribution in [1.29, 1.82) is 0 Å². The summed E-state index contributed by atoms with van der Waals surface area (Å²) in [5.41, 5.74) is 0. The van der Waals surface area contributed by atoms with Crippen LogP contribution in [0.2, 0.25) is 0 Å². The Bertz CT molecular complexity index is 320. The van der Waals surface area contributed by atoms with Crippen molar-refractivity contribution < 1.29 is 69.5 Å². The standard InChI is InChI=1S/C15H32O4S.K/c1-3-5-8-11-14(16)12-9-6-7-10-13-15(4-2)20(17,18)19;/h14-16H,3-13H2,1-2H3,(H,17,18,19);/q;+1/p-1. The fraction of sp³-hybridized carbons (Fsp3) is 1.00. The third kappa shape index (κ3) is 14.8. The maximum Gasteiger partial charge on any atom is 1.00 e. The molecule has 0 fully saturated rings. The Hall–Kier alpha value is 1.51. The normalized spacial score (nSPS) is 14.5. The number of rotatable bonds is 13. The number of aliphatic hydroxyl groups is 1. The predicted molar refractivity (Wildman–Crippen MR) is 81.6 cm³/mol. The van der Waals surface area contributed by atoms with Crippen LogP contribution in [0.5, 0.6) is 0 Å². The van der Waals surface area contributed by atoms with Gasteiger partial charge in [0, 0.05) is 5.25 Å². The molecule has 122 valence electrons. The minimum absolute atomic E-state index is 0. The van der Waals surface area contributed by atoms with Crippen molar-refractivity contribution in [1.82, 2.24) is 0 Å². The van der Waals surface area contributed by atoms with Gasteiger partial charge >= 0.3 is 51.4 Å². The van der Waals surface area contributed by atoms with Crippen molar-refractivity contribution in [3.8, 4) is 0 Å². The summed E-state index contributed by atoms with van der Waals surface area (Å²) in [4.78, 5) is 0. The average Bonchev–Trinajstić information content (AvgIpc) is 2.36. The molecule has 0 spiro atoms. The van der Waals surface area contributed by atoms with Crippen LogP contribution in [0.25, 0.3) is 0 Å². The fourth-order valence-corrected chi connectivity index (χ4v) is 3.30. The molecule has 6 heteroatoms. The number of aliphatic hydroxyl groups excluding tert-OH is 1. The maximum atomic E-state index is 10.9. The van der Waals surface area contributed by atoms with Gasteiger partial charge < -0.3 is 9.66 Å². The monoisotopic (exact) mass is 346 g/mol. The molecule has 0 aliphatic carbocycles. The van der Waals surface area contributed by atoms with E-state index in [9.17, 15) is 18.1 Å². The molecule has 0 amide bonds. The molecule has 0 aromatic heterocycles. The number of hydrogen-bond acceptors (Lipinski definition) is 4. The van der Waals surface area contributed by atoms with Gasteiger partial charge in [-0.25, -0.2) is 8.42 Å². The molecule has 0 heterocycles. The van der Waals surface area contributed by atoms with Crippen molar-refractivity contribution in [3.63, 3.8) is 0 Å². The van der Waals surface area contributed by atoms with Crippen LogP contribution >= 0.6 is 0 Å². The zero-order valence-corrected chi connectivity index (χ0v) is 18.0. The third-order valence-corrected chi connectivity index (χ3v) is 5.20. The molecule has 4 nitrogen and oxygen atoms in total. The van der Waals surface area contributed by atoms with E-state index in [0.29, 0.717) is 12.8 Å². The molecule has 1 N–H and O–H groups in total. The molecule has 0 aromatic carbocycles. The van der Waals surface area contributed by atoms with Crippen LogP contribution in [0.15, 0.2) is 0 Å². The molecule has 0 aliphatic heterocycles. The first-order valence-electron chi connectivity index (χ1n) is 8.04. The second kappa shape index (κ2) is 15.1. The molecular weight excluding hydrogens is 315 g/mol. The van der Waals surface area contributed by atoms with Gasteiger partial charge in [0.25, 0.3) is 0 Å². The van der Waals surface area contributed by atoms with Gasteiger partial charge in [0.05, 0.1) is 16.2 Å². The molecule has 0 bridgehead atoms. The van der Waals surface area contributed by atoms with Crippen LogP contribution in [0.3, 0.4) is 0 Å². The summed E-state index contributed by atoms with van der Waals surface area (Å²) in [5, 5.41) is 9.02. The van der Waals surface area contributed by atoms with Crippen LogP contribution in [-0.2, 0) is 10.1 Å². The molecular formula is C15H31KO4S. The fourth-order valence-electron chi connectivity index (χ4n) is 2.43. The van der Waals surface area contributed by atoms with Crippen molar-refractivity contribution in [2.75, 3.05) is 0 Å². The predicted octanol–water partition coefficient (Wildman–Crippen LogP) is 0.596. The second-order valence-corrected chi connectivity index (χ2v) is 7.32. The minimum atomic E-state index is -4.12. The largest absolute Gasteiger partial charge is 1.00 e. The summed E-state index contributed by atoms with van der Waals surface area (Å²) in [6.07, 6.45) is 9.56. The van der Waals surface area contributed by atoms with Crippen LogP contribution in [0.4, 0.5) is 0 Å². The van der Waals surface area contributed by atoms with Gasteiger partial charge in [0.1, 0.15) is 0 Å². The van der Waals surface area contributed by atoms with Gasteiger partial charge in [-0.05, 0) is 25.7 Å². The summed E-state index contributed by atoms with van der Waals surface area (Å²) in [7, 11) is -4.12. The first kappa shape index (κ1) is 24.8. The Morgan fingerprint density at radius 3 is 1.81 bits per heavy atom. The zero-order valence-electron chi connectivity index (χ0n) is 14.0. The third-order valence-electron chi connectivity index (χ3n) is 3.82. The summed E-state index contributed by atoms with van der Waals surface area (Å²) in [6, 6.07) is 0. The first-order chi connectivity index (χ1) is 9.41. The van der Waals surface area contributed by atoms with Crippen molar-refractivity contribution >= 4 is 10.1 Å².